The zero-order valence-electron chi connectivity index (χ0n) is 7.58. The number of nitrogens with two attached hydrogens (primary N) is 1. The quantitative estimate of drug-likeness (QED) is 0.755. The highest BCUT2D eigenvalue weighted by molar-refractivity contribution is 6.41. The minimum Gasteiger partial charge on any atom is -0.355 e. The van der Waals surface area contributed by atoms with Crippen LogP contribution in [0, 0.1) is 0 Å². The van der Waals surface area contributed by atoms with Crippen LogP contribution in [0.4, 0.5) is 5.69 Å². The second-order valence-electron chi connectivity index (χ2n) is 3.37. The Morgan fingerprint density at radius 1 is 1.50 bits per heavy atom. The molecule has 1 fully saturated rings. The summed E-state index contributed by atoms with van der Waals surface area (Å²) in [6.45, 7) is 0.959. The van der Waals surface area contributed by atoms with Crippen LogP contribution in [0.5, 0.6) is 0 Å². The molecule has 2 rings (SSSR count). The number of hydrogen-bond donors (Lipinski definition) is 1. The van der Waals surface area contributed by atoms with E-state index in [4.69, 9.17) is 28.9 Å². The summed E-state index contributed by atoms with van der Waals surface area (Å²) in [5.41, 5.74) is 6.87. The van der Waals surface area contributed by atoms with Crippen molar-refractivity contribution in [3.63, 3.8) is 0 Å². The maximum Gasteiger partial charge on any atom is 0.147 e. The minimum atomic E-state index is 0.0778. The fourth-order valence-corrected chi connectivity index (χ4v) is 1.95. The van der Waals surface area contributed by atoms with Crippen molar-refractivity contribution in [2.45, 2.75) is 19.0 Å². The van der Waals surface area contributed by atoms with Gasteiger partial charge in [0.1, 0.15) is 5.15 Å². The summed E-state index contributed by atoms with van der Waals surface area (Å²) in [5, 5.41) is 0.812. The monoisotopic (exact) mass is 231 g/mol. The van der Waals surface area contributed by atoms with Crippen molar-refractivity contribution < 1.29 is 0 Å². The summed E-state index contributed by atoms with van der Waals surface area (Å²) >= 11 is 11.6. The molecule has 0 amide bonds. The molecule has 14 heavy (non-hydrogen) atoms. The molecule has 0 radical (unpaired) electrons. The van der Waals surface area contributed by atoms with E-state index in [1.54, 1.807) is 6.20 Å². The molecule has 2 N–H and O–H groups in total. The standard InChI is InChI=1S/C9H11Cl2N3/c10-7-4-6(5-13-9(7)11)14-3-1-2-8(14)12/h4-5,8H,1-3,12H2. The van der Waals surface area contributed by atoms with Gasteiger partial charge in [-0.05, 0) is 18.9 Å². The zero-order chi connectivity index (χ0) is 10.1. The highest BCUT2D eigenvalue weighted by Gasteiger charge is 2.21. The third-order valence-corrected chi connectivity index (χ3v) is 3.10. The summed E-state index contributed by atoms with van der Waals surface area (Å²) in [4.78, 5) is 6.09. The van der Waals surface area contributed by atoms with Gasteiger partial charge in [0.25, 0.3) is 0 Å². The van der Waals surface area contributed by atoms with E-state index in [9.17, 15) is 0 Å². The van der Waals surface area contributed by atoms with Crippen molar-refractivity contribution in [3.8, 4) is 0 Å². The van der Waals surface area contributed by atoms with Crippen molar-refractivity contribution in [2.75, 3.05) is 11.4 Å². The highest BCUT2D eigenvalue weighted by Crippen LogP contribution is 2.28. The SMILES string of the molecule is NC1CCCN1c1cnc(Cl)c(Cl)c1. The maximum atomic E-state index is 5.92. The van der Waals surface area contributed by atoms with Gasteiger partial charge >= 0.3 is 0 Å². The van der Waals surface area contributed by atoms with Crippen LogP contribution < -0.4 is 10.6 Å². The van der Waals surface area contributed by atoms with E-state index in [1.165, 1.54) is 0 Å². The van der Waals surface area contributed by atoms with Gasteiger partial charge in [-0.15, -0.1) is 0 Å². The molecule has 0 aliphatic carbocycles. The third-order valence-electron chi connectivity index (χ3n) is 2.41. The predicted octanol–water partition coefficient (Wildman–Crippen LogP) is 2.27. The van der Waals surface area contributed by atoms with Gasteiger partial charge in [-0.2, -0.15) is 0 Å². The molecule has 0 spiro atoms. The molecule has 1 saturated heterocycles. The van der Waals surface area contributed by atoms with E-state index < -0.39 is 0 Å². The molecule has 1 aliphatic heterocycles. The molecular weight excluding hydrogens is 221 g/mol. The fourth-order valence-electron chi connectivity index (χ4n) is 1.68. The topological polar surface area (TPSA) is 42.1 Å². The molecule has 1 aliphatic rings. The van der Waals surface area contributed by atoms with Crippen LogP contribution in [0.1, 0.15) is 12.8 Å². The lowest BCUT2D eigenvalue weighted by Gasteiger charge is -2.23. The van der Waals surface area contributed by atoms with Crippen LogP contribution in [0.2, 0.25) is 10.2 Å². The molecular formula is C9H11Cl2N3. The Bertz CT molecular complexity index is 343. The fraction of sp³-hybridized carbons (Fsp3) is 0.444. The van der Waals surface area contributed by atoms with Gasteiger partial charge in [-0.1, -0.05) is 23.2 Å². The Balaban J connectivity index is 2.28. The minimum absolute atomic E-state index is 0.0778. The number of nitrogens with zero attached hydrogens (tertiary/aromatic N) is 2. The summed E-state index contributed by atoms with van der Waals surface area (Å²) in [7, 11) is 0. The van der Waals surface area contributed by atoms with Gasteiger partial charge in [-0.25, -0.2) is 4.98 Å². The predicted molar refractivity (Wildman–Crippen MR) is 58.8 cm³/mol. The molecule has 1 atom stereocenters. The molecule has 3 nitrogen and oxygen atoms in total. The summed E-state index contributed by atoms with van der Waals surface area (Å²) in [6, 6.07) is 1.81. The van der Waals surface area contributed by atoms with Crippen LogP contribution in [0.15, 0.2) is 12.3 Å². The molecule has 2 heterocycles. The van der Waals surface area contributed by atoms with E-state index in [-0.39, 0.29) is 6.17 Å². The Kier molecular flexibility index (Phi) is 2.81. The largest absolute Gasteiger partial charge is 0.355 e. The number of pyridine rings is 1. The first-order chi connectivity index (χ1) is 6.68. The van der Waals surface area contributed by atoms with E-state index in [1.807, 2.05) is 6.07 Å². The number of anilines is 1. The zero-order valence-corrected chi connectivity index (χ0v) is 9.09. The molecule has 0 bridgehead atoms. The van der Waals surface area contributed by atoms with E-state index in [0.717, 1.165) is 25.1 Å². The van der Waals surface area contributed by atoms with Gasteiger partial charge in [0, 0.05) is 6.54 Å². The lowest BCUT2D eigenvalue weighted by Crippen LogP contribution is -2.36. The second-order valence-corrected chi connectivity index (χ2v) is 4.13. The van der Waals surface area contributed by atoms with Crippen molar-refractivity contribution in [2.24, 2.45) is 5.73 Å². The lowest BCUT2D eigenvalue weighted by atomic mass is 10.3. The van der Waals surface area contributed by atoms with Gasteiger partial charge in [0.2, 0.25) is 0 Å². The van der Waals surface area contributed by atoms with Gasteiger partial charge in [0.15, 0.2) is 0 Å². The van der Waals surface area contributed by atoms with E-state index in [0.29, 0.717) is 10.2 Å². The maximum absolute atomic E-state index is 5.92. The number of rotatable bonds is 1. The van der Waals surface area contributed by atoms with Crippen LogP contribution in [-0.2, 0) is 0 Å². The van der Waals surface area contributed by atoms with Gasteiger partial charge < -0.3 is 10.6 Å². The molecule has 1 aromatic rings. The van der Waals surface area contributed by atoms with Crippen LogP contribution in [0.3, 0.4) is 0 Å². The average Bonchev–Trinajstić information content (AvgIpc) is 2.57. The lowest BCUT2D eigenvalue weighted by molar-refractivity contribution is 0.700. The van der Waals surface area contributed by atoms with E-state index >= 15 is 0 Å². The number of aromatic nitrogens is 1. The van der Waals surface area contributed by atoms with E-state index in [2.05, 4.69) is 9.88 Å². The average molecular weight is 232 g/mol. The second kappa shape index (κ2) is 3.93. The van der Waals surface area contributed by atoms with Crippen LogP contribution >= 0.6 is 23.2 Å². The smallest absolute Gasteiger partial charge is 0.147 e. The number of hydrogen-bond acceptors (Lipinski definition) is 3. The molecule has 76 valence electrons. The summed E-state index contributed by atoms with van der Waals surface area (Å²) < 4.78 is 0. The first kappa shape index (κ1) is 10.0. The molecule has 1 aromatic heterocycles. The molecule has 1 unspecified atom stereocenters. The Labute approximate surface area is 92.8 Å². The Morgan fingerprint density at radius 3 is 2.86 bits per heavy atom. The van der Waals surface area contributed by atoms with Crippen LogP contribution in [0.25, 0.3) is 0 Å². The van der Waals surface area contributed by atoms with Crippen molar-refractivity contribution in [3.05, 3.63) is 22.4 Å². The summed E-state index contributed by atoms with van der Waals surface area (Å²) in [6.07, 6.45) is 3.91. The van der Waals surface area contributed by atoms with Gasteiger partial charge in [-0.3, -0.25) is 0 Å². The summed E-state index contributed by atoms with van der Waals surface area (Å²) in [5.74, 6) is 0. The van der Waals surface area contributed by atoms with Crippen molar-refractivity contribution >= 4 is 28.9 Å². The first-order valence-electron chi connectivity index (χ1n) is 4.52. The first-order valence-corrected chi connectivity index (χ1v) is 5.27. The normalized spacial score (nSPS) is 21.6. The van der Waals surface area contributed by atoms with Crippen molar-refractivity contribution in [1.82, 2.24) is 4.98 Å². The van der Waals surface area contributed by atoms with Crippen LogP contribution in [-0.4, -0.2) is 17.7 Å². The highest BCUT2D eigenvalue weighted by atomic mass is 35.5. The molecule has 0 aromatic carbocycles. The third kappa shape index (κ3) is 1.80. The Morgan fingerprint density at radius 2 is 2.29 bits per heavy atom. The Hall–Kier alpha value is -0.510. The van der Waals surface area contributed by atoms with Crippen molar-refractivity contribution in [1.29, 1.82) is 0 Å². The molecule has 0 saturated carbocycles. The molecule has 5 heteroatoms. The van der Waals surface area contributed by atoms with Gasteiger partial charge in [0.05, 0.1) is 23.1 Å². The number of halogens is 2.